The monoisotopic (exact) mass is 217 g/mol. The summed E-state index contributed by atoms with van der Waals surface area (Å²) in [6, 6.07) is 11.6. The van der Waals surface area contributed by atoms with Crippen LogP contribution >= 0.6 is 0 Å². The summed E-state index contributed by atoms with van der Waals surface area (Å²) in [7, 11) is 2.10. The van der Waals surface area contributed by atoms with E-state index < -0.39 is 0 Å². The Morgan fingerprint density at radius 3 is 2.56 bits per heavy atom. The standard InChI is InChI=1S/C15H23N/c1-12-14(10-11-15(12)16-2)9-8-13-6-4-3-5-7-13/h3-7,12,14-16H,8-11H2,1-2H3. The van der Waals surface area contributed by atoms with Gasteiger partial charge in [-0.25, -0.2) is 0 Å². The normalized spacial score (nSPS) is 29.5. The predicted octanol–water partition coefficient (Wildman–Crippen LogP) is 3.25. The quantitative estimate of drug-likeness (QED) is 0.816. The molecule has 3 unspecified atom stereocenters. The summed E-state index contributed by atoms with van der Waals surface area (Å²) in [6.45, 7) is 2.41. The fourth-order valence-electron chi connectivity index (χ4n) is 3.06. The highest BCUT2D eigenvalue weighted by Gasteiger charge is 2.30. The van der Waals surface area contributed by atoms with Crippen LogP contribution in [-0.2, 0) is 6.42 Å². The zero-order chi connectivity index (χ0) is 11.4. The van der Waals surface area contributed by atoms with Gasteiger partial charge in [0.25, 0.3) is 0 Å². The fraction of sp³-hybridized carbons (Fsp3) is 0.600. The minimum atomic E-state index is 0.751. The van der Waals surface area contributed by atoms with E-state index in [4.69, 9.17) is 0 Å². The number of hydrogen-bond donors (Lipinski definition) is 1. The van der Waals surface area contributed by atoms with Crippen molar-refractivity contribution in [3.63, 3.8) is 0 Å². The van der Waals surface area contributed by atoms with Crippen molar-refractivity contribution in [2.24, 2.45) is 11.8 Å². The summed E-state index contributed by atoms with van der Waals surface area (Å²) in [5, 5.41) is 3.44. The fourth-order valence-corrected chi connectivity index (χ4v) is 3.06. The highest BCUT2D eigenvalue weighted by Crippen LogP contribution is 2.34. The van der Waals surface area contributed by atoms with Gasteiger partial charge in [-0.2, -0.15) is 0 Å². The molecule has 1 heteroatoms. The Labute approximate surface area is 99.3 Å². The van der Waals surface area contributed by atoms with Crippen LogP contribution < -0.4 is 5.32 Å². The third-order valence-corrected chi connectivity index (χ3v) is 4.24. The van der Waals surface area contributed by atoms with E-state index in [1.807, 2.05) is 0 Å². The van der Waals surface area contributed by atoms with E-state index in [9.17, 15) is 0 Å². The molecule has 1 saturated carbocycles. The molecule has 16 heavy (non-hydrogen) atoms. The summed E-state index contributed by atoms with van der Waals surface area (Å²) in [4.78, 5) is 0. The zero-order valence-corrected chi connectivity index (χ0v) is 10.4. The van der Waals surface area contributed by atoms with Crippen molar-refractivity contribution in [1.29, 1.82) is 0 Å². The lowest BCUT2D eigenvalue weighted by Crippen LogP contribution is -2.29. The highest BCUT2D eigenvalue weighted by atomic mass is 14.9. The summed E-state index contributed by atoms with van der Waals surface area (Å²) in [5.41, 5.74) is 1.49. The number of nitrogens with one attached hydrogen (secondary N) is 1. The largest absolute Gasteiger partial charge is 0.317 e. The molecule has 0 radical (unpaired) electrons. The molecule has 1 aliphatic rings. The average molecular weight is 217 g/mol. The lowest BCUT2D eigenvalue weighted by molar-refractivity contribution is 0.348. The second-order valence-corrected chi connectivity index (χ2v) is 5.12. The molecule has 1 aromatic rings. The SMILES string of the molecule is CNC1CCC(CCc2ccccc2)C1C. The molecule has 1 nitrogen and oxygen atoms in total. The van der Waals surface area contributed by atoms with Gasteiger partial charge in [0.05, 0.1) is 0 Å². The molecular weight excluding hydrogens is 194 g/mol. The second kappa shape index (κ2) is 5.49. The van der Waals surface area contributed by atoms with Crippen LogP contribution in [0.5, 0.6) is 0 Å². The lowest BCUT2D eigenvalue weighted by atomic mass is 9.90. The summed E-state index contributed by atoms with van der Waals surface area (Å²) >= 11 is 0. The molecule has 0 saturated heterocycles. The summed E-state index contributed by atoms with van der Waals surface area (Å²) in [5.74, 6) is 1.76. The van der Waals surface area contributed by atoms with Crippen LogP contribution in [0.4, 0.5) is 0 Å². The van der Waals surface area contributed by atoms with Crippen molar-refractivity contribution in [3.8, 4) is 0 Å². The molecule has 0 aliphatic heterocycles. The molecule has 88 valence electrons. The third-order valence-electron chi connectivity index (χ3n) is 4.24. The predicted molar refractivity (Wildman–Crippen MR) is 69.5 cm³/mol. The smallest absolute Gasteiger partial charge is 0.00924 e. The van der Waals surface area contributed by atoms with Gasteiger partial charge in [0.1, 0.15) is 0 Å². The molecule has 0 aromatic heterocycles. The van der Waals surface area contributed by atoms with Gasteiger partial charge in [-0.05, 0) is 50.1 Å². The minimum absolute atomic E-state index is 0.751. The van der Waals surface area contributed by atoms with Gasteiger partial charge in [0, 0.05) is 6.04 Å². The van der Waals surface area contributed by atoms with Gasteiger partial charge in [-0.15, -0.1) is 0 Å². The molecule has 0 amide bonds. The second-order valence-electron chi connectivity index (χ2n) is 5.12. The van der Waals surface area contributed by atoms with Crippen molar-refractivity contribution in [1.82, 2.24) is 5.32 Å². The van der Waals surface area contributed by atoms with Crippen LogP contribution in [0.1, 0.15) is 31.7 Å². The number of aryl methyl sites for hydroxylation is 1. The average Bonchev–Trinajstić information content (AvgIpc) is 2.69. The van der Waals surface area contributed by atoms with E-state index in [0.29, 0.717) is 0 Å². The van der Waals surface area contributed by atoms with Gasteiger partial charge in [0.2, 0.25) is 0 Å². The Bertz CT molecular complexity index is 306. The number of hydrogen-bond acceptors (Lipinski definition) is 1. The Kier molecular flexibility index (Phi) is 4.00. The van der Waals surface area contributed by atoms with Gasteiger partial charge in [0.15, 0.2) is 0 Å². The molecular formula is C15H23N. The molecule has 0 heterocycles. The van der Waals surface area contributed by atoms with Crippen LogP contribution in [0.2, 0.25) is 0 Å². The van der Waals surface area contributed by atoms with E-state index in [2.05, 4.69) is 49.6 Å². The molecule has 1 fully saturated rings. The summed E-state index contributed by atoms with van der Waals surface area (Å²) < 4.78 is 0. The first-order chi connectivity index (χ1) is 7.81. The first kappa shape index (κ1) is 11.7. The first-order valence-electron chi connectivity index (χ1n) is 6.52. The third kappa shape index (κ3) is 2.65. The number of rotatable bonds is 4. The topological polar surface area (TPSA) is 12.0 Å². The van der Waals surface area contributed by atoms with Crippen LogP contribution in [0, 0.1) is 11.8 Å². The summed E-state index contributed by atoms with van der Waals surface area (Å²) in [6.07, 6.45) is 5.35. The van der Waals surface area contributed by atoms with Gasteiger partial charge in [-0.3, -0.25) is 0 Å². The van der Waals surface area contributed by atoms with Crippen LogP contribution in [-0.4, -0.2) is 13.1 Å². The van der Waals surface area contributed by atoms with E-state index in [1.54, 1.807) is 0 Å². The zero-order valence-electron chi connectivity index (χ0n) is 10.4. The molecule has 1 aliphatic carbocycles. The molecule has 0 spiro atoms. The van der Waals surface area contributed by atoms with Crippen molar-refractivity contribution < 1.29 is 0 Å². The van der Waals surface area contributed by atoms with Crippen molar-refractivity contribution in [2.75, 3.05) is 7.05 Å². The molecule has 1 N–H and O–H groups in total. The first-order valence-corrected chi connectivity index (χ1v) is 6.52. The van der Waals surface area contributed by atoms with Crippen LogP contribution in [0.3, 0.4) is 0 Å². The Morgan fingerprint density at radius 2 is 1.94 bits per heavy atom. The van der Waals surface area contributed by atoms with Crippen molar-refractivity contribution in [3.05, 3.63) is 35.9 Å². The Hall–Kier alpha value is -0.820. The van der Waals surface area contributed by atoms with Crippen molar-refractivity contribution >= 4 is 0 Å². The molecule has 1 aromatic carbocycles. The van der Waals surface area contributed by atoms with Crippen LogP contribution in [0.15, 0.2) is 30.3 Å². The van der Waals surface area contributed by atoms with Gasteiger partial charge >= 0.3 is 0 Å². The van der Waals surface area contributed by atoms with E-state index in [1.165, 1.54) is 31.2 Å². The van der Waals surface area contributed by atoms with Gasteiger partial charge < -0.3 is 5.32 Å². The Balaban J connectivity index is 1.83. The van der Waals surface area contributed by atoms with Gasteiger partial charge in [-0.1, -0.05) is 37.3 Å². The number of benzene rings is 1. The molecule has 2 rings (SSSR count). The van der Waals surface area contributed by atoms with E-state index >= 15 is 0 Å². The molecule has 0 bridgehead atoms. The molecule has 3 atom stereocenters. The van der Waals surface area contributed by atoms with E-state index in [0.717, 1.165) is 17.9 Å². The Morgan fingerprint density at radius 1 is 1.19 bits per heavy atom. The lowest BCUT2D eigenvalue weighted by Gasteiger charge is -2.20. The minimum Gasteiger partial charge on any atom is -0.317 e. The maximum atomic E-state index is 3.44. The van der Waals surface area contributed by atoms with E-state index in [-0.39, 0.29) is 0 Å². The van der Waals surface area contributed by atoms with Crippen molar-refractivity contribution in [2.45, 2.75) is 38.6 Å². The maximum Gasteiger partial charge on any atom is 0.00924 e. The highest BCUT2D eigenvalue weighted by molar-refractivity contribution is 5.14. The maximum absolute atomic E-state index is 3.44. The van der Waals surface area contributed by atoms with Crippen LogP contribution in [0.25, 0.3) is 0 Å².